The molecule has 0 aromatic heterocycles. The van der Waals surface area contributed by atoms with Crippen molar-refractivity contribution in [3.05, 3.63) is 0 Å². The smallest absolute Gasteiger partial charge is 0.336 e. The summed E-state index contributed by atoms with van der Waals surface area (Å²) < 4.78 is 0. The lowest BCUT2D eigenvalue weighted by molar-refractivity contribution is -0.335. The van der Waals surface area contributed by atoms with Crippen molar-refractivity contribution in [2.24, 2.45) is 5.41 Å². The standard InChI is InChI=1S/C12H24O4/c1-5-6-7-8-9-15-16-10(11(13)14)12(2,3)4/h10H,5-9H2,1-4H3,(H,13,14). The number of rotatable bonds is 8. The van der Waals surface area contributed by atoms with Gasteiger partial charge in [-0.25, -0.2) is 14.6 Å². The monoisotopic (exact) mass is 232 g/mol. The molecule has 0 heterocycles. The zero-order valence-corrected chi connectivity index (χ0v) is 10.8. The molecule has 96 valence electrons. The molecule has 1 unspecified atom stereocenters. The molecule has 0 radical (unpaired) electrons. The van der Waals surface area contributed by atoms with Gasteiger partial charge in [-0.2, -0.15) is 0 Å². The van der Waals surface area contributed by atoms with Crippen molar-refractivity contribution in [2.45, 2.75) is 59.5 Å². The second-order valence-corrected chi connectivity index (χ2v) is 5.06. The molecule has 0 saturated carbocycles. The highest BCUT2D eigenvalue weighted by Gasteiger charge is 2.33. The van der Waals surface area contributed by atoms with Crippen molar-refractivity contribution in [1.82, 2.24) is 0 Å². The maximum atomic E-state index is 10.9. The van der Waals surface area contributed by atoms with E-state index in [1.54, 1.807) is 0 Å². The Bertz CT molecular complexity index is 196. The third-order valence-electron chi connectivity index (χ3n) is 2.26. The van der Waals surface area contributed by atoms with Crippen molar-refractivity contribution >= 4 is 5.97 Å². The largest absolute Gasteiger partial charge is 0.479 e. The quantitative estimate of drug-likeness (QED) is 0.397. The fourth-order valence-corrected chi connectivity index (χ4v) is 1.26. The number of aliphatic carboxylic acids is 1. The lowest BCUT2D eigenvalue weighted by Crippen LogP contribution is -2.37. The number of carboxylic acid groups (broad SMARTS) is 1. The summed E-state index contributed by atoms with van der Waals surface area (Å²) in [6.45, 7) is 8.03. The van der Waals surface area contributed by atoms with Gasteiger partial charge in [0.15, 0.2) is 6.10 Å². The fourth-order valence-electron chi connectivity index (χ4n) is 1.26. The number of hydrogen-bond acceptors (Lipinski definition) is 3. The Hall–Kier alpha value is -0.610. The second-order valence-electron chi connectivity index (χ2n) is 5.06. The molecule has 0 aliphatic heterocycles. The summed E-state index contributed by atoms with van der Waals surface area (Å²) in [5.41, 5.74) is -0.463. The molecular weight excluding hydrogens is 208 g/mol. The molecular formula is C12H24O4. The van der Waals surface area contributed by atoms with Crippen molar-refractivity contribution in [3.63, 3.8) is 0 Å². The third kappa shape index (κ3) is 6.80. The minimum Gasteiger partial charge on any atom is -0.479 e. The molecule has 0 spiro atoms. The summed E-state index contributed by atoms with van der Waals surface area (Å²) in [6.07, 6.45) is 3.42. The van der Waals surface area contributed by atoms with Crippen molar-refractivity contribution in [2.75, 3.05) is 6.61 Å². The Kier molecular flexibility index (Phi) is 7.34. The van der Waals surface area contributed by atoms with Gasteiger partial charge in [0.05, 0.1) is 6.61 Å². The van der Waals surface area contributed by atoms with Crippen molar-refractivity contribution in [1.29, 1.82) is 0 Å². The summed E-state index contributed by atoms with van der Waals surface area (Å²) in [4.78, 5) is 20.8. The summed E-state index contributed by atoms with van der Waals surface area (Å²) >= 11 is 0. The SMILES string of the molecule is CCCCCCOOC(C(=O)O)C(C)(C)C. The van der Waals surface area contributed by atoms with Crippen LogP contribution in [0.15, 0.2) is 0 Å². The molecule has 0 saturated heterocycles. The molecule has 0 aliphatic rings. The van der Waals surface area contributed by atoms with Crippen molar-refractivity contribution < 1.29 is 19.7 Å². The molecule has 4 heteroatoms. The van der Waals surface area contributed by atoms with E-state index in [0.29, 0.717) is 6.61 Å². The van der Waals surface area contributed by atoms with Crippen LogP contribution in [0, 0.1) is 5.41 Å². The zero-order chi connectivity index (χ0) is 12.6. The van der Waals surface area contributed by atoms with Crippen LogP contribution in [0.5, 0.6) is 0 Å². The summed E-state index contributed by atoms with van der Waals surface area (Å²) in [5, 5.41) is 8.94. The van der Waals surface area contributed by atoms with E-state index in [0.717, 1.165) is 12.8 Å². The van der Waals surface area contributed by atoms with Crippen LogP contribution in [0.2, 0.25) is 0 Å². The number of carbonyl (C=O) groups is 1. The van der Waals surface area contributed by atoms with E-state index in [-0.39, 0.29) is 0 Å². The maximum absolute atomic E-state index is 10.9. The van der Waals surface area contributed by atoms with Gasteiger partial charge < -0.3 is 5.11 Å². The minimum absolute atomic E-state index is 0.458. The van der Waals surface area contributed by atoms with E-state index in [2.05, 4.69) is 6.92 Å². The van der Waals surface area contributed by atoms with Gasteiger partial charge in [-0.05, 0) is 6.42 Å². The van der Waals surface area contributed by atoms with Crippen LogP contribution >= 0.6 is 0 Å². The van der Waals surface area contributed by atoms with E-state index in [4.69, 9.17) is 14.9 Å². The number of unbranched alkanes of at least 4 members (excludes halogenated alkanes) is 3. The van der Waals surface area contributed by atoms with E-state index in [9.17, 15) is 4.79 Å². The molecule has 0 bridgehead atoms. The van der Waals surface area contributed by atoms with Gasteiger partial charge in [-0.1, -0.05) is 47.0 Å². The highest BCUT2D eigenvalue weighted by Crippen LogP contribution is 2.22. The zero-order valence-electron chi connectivity index (χ0n) is 10.8. The highest BCUT2D eigenvalue weighted by atomic mass is 17.2. The average Bonchev–Trinajstić information content (AvgIpc) is 2.13. The van der Waals surface area contributed by atoms with Gasteiger partial charge in [0, 0.05) is 5.41 Å². The van der Waals surface area contributed by atoms with E-state index < -0.39 is 17.5 Å². The van der Waals surface area contributed by atoms with Crippen LogP contribution in [-0.2, 0) is 14.6 Å². The van der Waals surface area contributed by atoms with Crippen LogP contribution < -0.4 is 0 Å². The molecule has 0 rings (SSSR count). The summed E-state index contributed by atoms with van der Waals surface area (Å²) in [6, 6.07) is 0. The van der Waals surface area contributed by atoms with Gasteiger partial charge in [0.25, 0.3) is 0 Å². The summed E-state index contributed by atoms with van der Waals surface area (Å²) in [5.74, 6) is -0.985. The lowest BCUT2D eigenvalue weighted by Gasteiger charge is -2.25. The van der Waals surface area contributed by atoms with Crippen LogP contribution in [0.1, 0.15) is 53.4 Å². The fraction of sp³-hybridized carbons (Fsp3) is 0.917. The van der Waals surface area contributed by atoms with Crippen LogP contribution in [0.4, 0.5) is 0 Å². The average molecular weight is 232 g/mol. The molecule has 0 amide bonds. The Labute approximate surface area is 97.9 Å². The van der Waals surface area contributed by atoms with Gasteiger partial charge >= 0.3 is 5.97 Å². The molecule has 16 heavy (non-hydrogen) atoms. The lowest BCUT2D eigenvalue weighted by atomic mass is 9.89. The Morgan fingerprint density at radius 2 is 1.88 bits per heavy atom. The molecule has 0 aliphatic carbocycles. The third-order valence-corrected chi connectivity index (χ3v) is 2.26. The van der Waals surface area contributed by atoms with Crippen LogP contribution in [0.25, 0.3) is 0 Å². The minimum atomic E-state index is -0.985. The van der Waals surface area contributed by atoms with Gasteiger partial charge in [0.2, 0.25) is 0 Å². The van der Waals surface area contributed by atoms with E-state index in [1.165, 1.54) is 12.8 Å². The molecule has 0 aromatic rings. The van der Waals surface area contributed by atoms with Crippen LogP contribution in [0.3, 0.4) is 0 Å². The first-order chi connectivity index (χ1) is 7.39. The Balaban J connectivity index is 3.75. The first kappa shape index (κ1) is 15.4. The first-order valence-electron chi connectivity index (χ1n) is 5.90. The number of carboxylic acids is 1. The van der Waals surface area contributed by atoms with Crippen LogP contribution in [-0.4, -0.2) is 23.8 Å². The molecule has 0 fully saturated rings. The van der Waals surface area contributed by atoms with Crippen molar-refractivity contribution in [3.8, 4) is 0 Å². The maximum Gasteiger partial charge on any atom is 0.336 e. The molecule has 4 nitrogen and oxygen atoms in total. The highest BCUT2D eigenvalue weighted by molar-refractivity contribution is 5.73. The first-order valence-corrected chi connectivity index (χ1v) is 5.90. The number of hydrogen-bond donors (Lipinski definition) is 1. The van der Waals surface area contributed by atoms with E-state index in [1.807, 2.05) is 20.8 Å². The molecule has 1 atom stereocenters. The normalized spacial score (nSPS) is 13.8. The summed E-state index contributed by atoms with van der Waals surface area (Å²) in [7, 11) is 0. The second kappa shape index (κ2) is 7.63. The predicted octanol–water partition coefficient (Wildman–Crippen LogP) is 3.01. The Morgan fingerprint density at radius 3 is 2.31 bits per heavy atom. The van der Waals surface area contributed by atoms with Gasteiger partial charge in [0.1, 0.15) is 0 Å². The van der Waals surface area contributed by atoms with Gasteiger partial charge in [-0.3, -0.25) is 0 Å². The van der Waals surface area contributed by atoms with E-state index >= 15 is 0 Å². The predicted molar refractivity (Wildman–Crippen MR) is 62.1 cm³/mol. The molecule has 0 aromatic carbocycles. The van der Waals surface area contributed by atoms with Gasteiger partial charge in [-0.15, -0.1) is 0 Å². The topological polar surface area (TPSA) is 55.8 Å². The Morgan fingerprint density at radius 1 is 1.25 bits per heavy atom. The molecule has 1 N–H and O–H groups in total.